The zero-order valence-electron chi connectivity index (χ0n) is 12.5. The summed E-state index contributed by atoms with van der Waals surface area (Å²) in [4.78, 5) is -0.0310. The standard InChI is InChI=1S/C14H17ClFN3O2S/c1-10(2)19(9-11-7-17-18(3)8-11)22(20,21)12-4-5-14(16)13(15)6-12/h4-8,10H,9H2,1-3H3. The topological polar surface area (TPSA) is 55.2 Å². The van der Waals surface area contributed by atoms with Crippen LogP contribution in [0.25, 0.3) is 0 Å². The van der Waals surface area contributed by atoms with E-state index in [0.29, 0.717) is 0 Å². The van der Waals surface area contributed by atoms with Gasteiger partial charge in [-0.3, -0.25) is 4.68 Å². The summed E-state index contributed by atoms with van der Waals surface area (Å²) in [5.41, 5.74) is 0.771. The maximum atomic E-state index is 13.2. The van der Waals surface area contributed by atoms with Crippen LogP contribution >= 0.6 is 11.6 Å². The normalized spacial score (nSPS) is 12.3. The number of rotatable bonds is 5. The number of halogens is 2. The molecule has 0 fully saturated rings. The molecular weight excluding hydrogens is 329 g/mol. The average molecular weight is 346 g/mol. The molecule has 0 bridgehead atoms. The summed E-state index contributed by atoms with van der Waals surface area (Å²) in [5.74, 6) is -0.649. The van der Waals surface area contributed by atoms with E-state index in [2.05, 4.69) is 5.10 Å². The molecule has 2 aromatic rings. The molecule has 0 saturated heterocycles. The molecule has 1 aromatic heterocycles. The van der Waals surface area contributed by atoms with Gasteiger partial charge >= 0.3 is 0 Å². The number of benzene rings is 1. The minimum Gasteiger partial charge on any atom is -0.275 e. The van der Waals surface area contributed by atoms with Crippen LogP contribution in [0.3, 0.4) is 0 Å². The van der Waals surface area contributed by atoms with E-state index in [-0.39, 0.29) is 22.5 Å². The summed E-state index contributed by atoms with van der Waals surface area (Å²) in [6.45, 7) is 3.74. The zero-order valence-corrected chi connectivity index (χ0v) is 14.1. The van der Waals surface area contributed by atoms with Crippen molar-refractivity contribution in [3.63, 3.8) is 0 Å². The first-order chi connectivity index (χ1) is 10.2. The van der Waals surface area contributed by atoms with Crippen molar-refractivity contribution in [3.8, 4) is 0 Å². The molecule has 1 heterocycles. The van der Waals surface area contributed by atoms with Gasteiger partial charge in [-0.25, -0.2) is 12.8 Å². The third kappa shape index (κ3) is 3.48. The SMILES string of the molecule is CC(C)N(Cc1cnn(C)c1)S(=O)(=O)c1ccc(F)c(Cl)c1. The predicted molar refractivity (Wildman–Crippen MR) is 82.5 cm³/mol. The van der Waals surface area contributed by atoms with E-state index in [1.54, 1.807) is 38.0 Å². The molecule has 0 N–H and O–H groups in total. The van der Waals surface area contributed by atoms with Crippen molar-refractivity contribution in [1.29, 1.82) is 0 Å². The summed E-state index contributed by atoms with van der Waals surface area (Å²) in [7, 11) is -2.02. The molecule has 22 heavy (non-hydrogen) atoms. The smallest absolute Gasteiger partial charge is 0.243 e. The summed E-state index contributed by atoms with van der Waals surface area (Å²) in [6, 6.07) is 3.13. The lowest BCUT2D eigenvalue weighted by molar-refractivity contribution is 0.348. The van der Waals surface area contributed by atoms with E-state index in [0.717, 1.165) is 17.7 Å². The molecule has 0 radical (unpaired) electrons. The molecule has 0 amide bonds. The van der Waals surface area contributed by atoms with Gasteiger partial charge in [-0.15, -0.1) is 0 Å². The van der Waals surface area contributed by atoms with Crippen LogP contribution in [0.15, 0.2) is 35.5 Å². The Bertz CT molecular complexity index is 774. The van der Waals surface area contributed by atoms with Gasteiger partial charge in [0.15, 0.2) is 0 Å². The molecule has 0 unspecified atom stereocenters. The molecule has 8 heteroatoms. The van der Waals surface area contributed by atoms with Gasteiger partial charge in [0.25, 0.3) is 0 Å². The van der Waals surface area contributed by atoms with Crippen molar-refractivity contribution >= 4 is 21.6 Å². The Hall–Kier alpha value is -1.44. The number of hydrogen-bond acceptors (Lipinski definition) is 3. The maximum absolute atomic E-state index is 13.2. The van der Waals surface area contributed by atoms with Crippen molar-refractivity contribution in [2.45, 2.75) is 31.3 Å². The first kappa shape index (κ1) is 16.9. The van der Waals surface area contributed by atoms with E-state index < -0.39 is 15.8 Å². The molecule has 1 aromatic carbocycles. The molecule has 0 spiro atoms. The first-order valence-corrected chi connectivity index (χ1v) is 8.48. The molecule has 0 aliphatic carbocycles. The van der Waals surface area contributed by atoms with Gasteiger partial charge in [0.2, 0.25) is 10.0 Å². The Morgan fingerprint density at radius 2 is 2.09 bits per heavy atom. The summed E-state index contributed by atoms with van der Waals surface area (Å²) >= 11 is 5.70. The van der Waals surface area contributed by atoms with Crippen LogP contribution in [0.5, 0.6) is 0 Å². The van der Waals surface area contributed by atoms with E-state index in [1.807, 2.05) is 0 Å². The third-order valence-electron chi connectivity index (χ3n) is 3.17. The van der Waals surface area contributed by atoms with Crippen LogP contribution in [0.2, 0.25) is 5.02 Å². The van der Waals surface area contributed by atoms with Gasteiger partial charge < -0.3 is 0 Å². The van der Waals surface area contributed by atoms with Crippen LogP contribution in [0.1, 0.15) is 19.4 Å². The van der Waals surface area contributed by atoms with Crippen LogP contribution in [0.4, 0.5) is 4.39 Å². The lowest BCUT2D eigenvalue weighted by atomic mass is 10.3. The highest BCUT2D eigenvalue weighted by Crippen LogP contribution is 2.25. The van der Waals surface area contributed by atoms with Gasteiger partial charge in [0, 0.05) is 31.4 Å². The minimum atomic E-state index is -3.78. The van der Waals surface area contributed by atoms with E-state index in [9.17, 15) is 12.8 Å². The number of sulfonamides is 1. The summed E-state index contributed by atoms with van der Waals surface area (Å²) < 4.78 is 41.7. The molecule has 5 nitrogen and oxygen atoms in total. The monoisotopic (exact) mass is 345 g/mol. The quantitative estimate of drug-likeness (QED) is 0.837. The van der Waals surface area contributed by atoms with Gasteiger partial charge in [0.1, 0.15) is 5.82 Å². The van der Waals surface area contributed by atoms with Crippen LogP contribution in [-0.4, -0.2) is 28.5 Å². The average Bonchev–Trinajstić information content (AvgIpc) is 2.84. The fourth-order valence-corrected chi connectivity index (χ4v) is 3.95. The van der Waals surface area contributed by atoms with Gasteiger partial charge in [-0.05, 0) is 32.0 Å². The van der Waals surface area contributed by atoms with Gasteiger partial charge in [0.05, 0.1) is 16.1 Å². The minimum absolute atomic E-state index is 0.0310. The second kappa shape index (κ2) is 6.36. The Balaban J connectivity index is 2.39. The number of nitrogens with zero attached hydrogens (tertiary/aromatic N) is 3. The van der Waals surface area contributed by atoms with Gasteiger partial charge in [-0.1, -0.05) is 11.6 Å². The van der Waals surface area contributed by atoms with Crippen LogP contribution in [0, 0.1) is 5.82 Å². The van der Waals surface area contributed by atoms with E-state index in [1.165, 1.54) is 10.4 Å². The Morgan fingerprint density at radius 1 is 1.41 bits per heavy atom. The third-order valence-corrected chi connectivity index (χ3v) is 5.48. The van der Waals surface area contributed by atoms with Crippen molar-refractivity contribution in [2.75, 3.05) is 0 Å². The van der Waals surface area contributed by atoms with Crippen LogP contribution in [-0.2, 0) is 23.6 Å². The molecule has 0 aliphatic rings. The number of aromatic nitrogens is 2. The number of hydrogen-bond donors (Lipinski definition) is 0. The van der Waals surface area contributed by atoms with Crippen molar-refractivity contribution in [3.05, 3.63) is 47.0 Å². The molecule has 120 valence electrons. The zero-order chi connectivity index (χ0) is 16.5. The highest BCUT2D eigenvalue weighted by atomic mass is 35.5. The second-order valence-electron chi connectivity index (χ2n) is 5.24. The van der Waals surface area contributed by atoms with E-state index >= 15 is 0 Å². The maximum Gasteiger partial charge on any atom is 0.243 e. The molecular formula is C14H17ClFN3O2S. The summed E-state index contributed by atoms with van der Waals surface area (Å²) in [6.07, 6.45) is 3.37. The largest absolute Gasteiger partial charge is 0.275 e. The molecule has 2 rings (SSSR count). The Kier molecular flexibility index (Phi) is 4.89. The van der Waals surface area contributed by atoms with Crippen molar-refractivity contribution in [2.24, 2.45) is 7.05 Å². The highest BCUT2D eigenvalue weighted by Gasteiger charge is 2.28. The molecule has 0 saturated carbocycles. The lowest BCUT2D eigenvalue weighted by Gasteiger charge is -2.25. The van der Waals surface area contributed by atoms with Crippen LogP contribution < -0.4 is 0 Å². The Morgan fingerprint density at radius 3 is 2.59 bits per heavy atom. The second-order valence-corrected chi connectivity index (χ2v) is 7.54. The summed E-state index contributed by atoms with van der Waals surface area (Å²) in [5, 5.41) is 3.82. The number of aryl methyl sites for hydroxylation is 1. The molecule has 0 aliphatic heterocycles. The first-order valence-electron chi connectivity index (χ1n) is 6.66. The highest BCUT2D eigenvalue weighted by molar-refractivity contribution is 7.89. The fraction of sp³-hybridized carbons (Fsp3) is 0.357. The van der Waals surface area contributed by atoms with E-state index in [4.69, 9.17) is 11.6 Å². The van der Waals surface area contributed by atoms with Gasteiger partial charge in [-0.2, -0.15) is 9.40 Å². The molecule has 0 atom stereocenters. The van der Waals surface area contributed by atoms with Crippen molar-refractivity contribution < 1.29 is 12.8 Å². The Labute approximate surface area is 134 Å². The predicted octanol–water partition coefficient (Wildman–Crippen LogP) is 2.81. The lowest BCUT2D eigenvalue weighted by Crippen LogP contribution is -2.36. The van der Waals surface area contributed by atoms with Crippen molar-refractivity contribution in [1.82, 2.24) is 14.1 Å². The fourth-order valence-electron chi connectivity index (χ4n) is 2.05.